The first-order chi connectivity index (χ1) is 9.06. The Kier molecular flexibility index (Phi) is 3.07. The highest BCUT2D eigenvalue weighted by atomic mass is 79.9. The molecule has 0 saturated carbocycles. The number of fused-ring (bicyclic) bond motifs is 1. The fourth-order valence-corrected chi connectivity index (χ4v) is 3.11. The van der Waals surface area contributed by atoms with Crippen LogP contribution in [-0.4, -0.2) is 14.5 Å². The predicted molar refractivity (Wildman–Crippen MR) is 81.4 cm³/mol. The lowest BCUT2D eigenvalue weighted by molar-refractivity contribution is 0.941. The van der Waals surface area contributed by atoms with E-state index in [-0.39, 0.29) is 0 Å². The molecule has 0 spiro atoms. The molecule has 0 unspecified atom stereocenters. The average molecular weight is 337 g/mol. The van der Waals surface area contributed by atoms with Crippen LogP contribution >= 0.6 is 27.5 Å². The van der Waals surface area contributed by atoms with Crippen LogP contribution in [0, 0.1) is 6.92 Å². The molecule has 3 nitrogen and oxygen atoms in total. The maximum atomic E-state index is 6.02. The molecule has 0 atom stereocenters. The van der Waals surface area contributed by atoms with Gasteiger partial charge >= 0.3 is 0 Å². The van der Waals surface area contributed by atoms with Gasteiger partial charge in [-0.15, -0.1) is 0 Å². The Balaban J connectivity index is 2.29. The second-order valence-corrected chi connectivity index (χ2v) is 5.72. The minimum absolute atomic E-state index is 0.687. The predicted octanol–water partition coefficient (Wildman–Crippen LogP) is 4.36. The van der Waals surface area contributed by atoms with Crippen LogP contribution in [-0.2, 0) is 7.05 Å². The van der Waals surface area contributed by atoms with E-state index in [0.717, 1.165) is 26.8 Å². The molecule has 1 aromatic carbocycles. The first-order valence-corrected chi connectivity index (χ1v) is 6.98. The number of rotatable bonds is 1. The van der Waals surface area contributed by atoms with Crippen molar-refractivity contribution in [1.29, 1.82) is 0 Å². The Bertz CT molecular complexity index is 780. The molecule has 0 N–H and O–H groups in total. The van der Waals surface area contributed by atoms with E-state index in [1.807, 2.05) is 49.0 Å². The Hall–Kier alpha value is -1.39. The molecule has 0 saturated heterocycles. The lowest BCUT2D eigenvalue weighted by Gasteiger charge is -2.05. The first kappa shape index (κ1) is 12.6. The molecule has 0 amide bonds. The van der Waals surface area contributed by atoms with E-state index in [1.54, 1.807) is 0 Å². The number of aromatic nitrogens is 3. The van der Waals surface area contributed by atoms with Gasteiger partial charge in [-0.3, -0.25) is 0 Å². The Morgan fingerprint density at radius 2 is 2.05 bits per heavy atom. The van der Waals surface area contributed by atoms with Crippen LogP contribution in [0.15, 0.2) is 34.9 Å². The van der Waals surface area contributed by atoms with Crippen molar-refractivity contribution in [3.8, 4) is 11.4 Å². The van der Waals surface area contributed by atoms with Crippen LogP contribution in [0.3, 0.4) is 0 Å². The second-order valence-electron chi connectivity index (χ2n) is 4.43. The second kappa shape index (κ2) is 4.62. The molecule has 5 heteroatoms. The van der Waals surface area contributed by atoms with E-state index >= 15 is 0 Å². The van der Waals surface area contributed by atoms with E-state index in [9.17, 15) is 0 Å². The van der Waals surface area contributed by atoms with Gasteiger partial charge in [-0.05, 0) is 35.0 Å². The summed E-state index contributed by atoms with van der Waals surface area (Å²) < 4.78 is 3.00. The third kappa shape index (κ3) is 2.15. The summed E-state index contributed by atoms with van der Waals surface area (Å²) in [5.41, 5.74) is 2.79. The number of hydrogen-bond acceptors (Lipinski definition) is 2. The van der Waals surface area contributed by atoms with Crippen molar-refractivity contribution in [3.05, 3.63) is 45.7 Å². The summed E-state index contributed by atoms with van der Waals surface area (Å²) in [6.45, 7) is 1.99. The monoisotopic (exact) mass is 335 g/mol. The fourth-order valence-electron chi connectivity index (χ4n) is 2.14. The number of hydrogen-bond donors (Lipinski definition) is 0. The van der Waals surface area contributed by atoms with Gasteiger partial charge in [0.1, 0.15) is 5.65 Å². The maximum absolute atomic E-state index is 6.02. The van der Waals surface area contributed by atoms with Crippen molar-refractivity contribution in [2.24, 2.45) is 7.05 Å². The summed E-state index contributed by atoms with van der Waals surface area (Å²) in [5, 5.41) is 1.74. The Morgan fingerprint density at radius 3 is 2.79 bits per heavy atom. The smallest absolute Gasteiger partial charge is 0.161 e. The molecule has 2 heterocycles. The average Bonchev–Trinajstić information content (AvgIpc) is 2.65. The van der Waals surface area contributed by atoms with Gasteiger partial charge in [-0.1, -0.05) is 23.7 Å². The molecule has 0 aliphatic rings. The first-order valence-electron chi connectivity index (χ1n) is 5.81. The number of aryl methyl sites for hydroxylation is 2. The zero-order valence-corrected chi connectivity index (χ0v) is 12.8. The van der Waals surface area contributed by atoms with E-state index in [2.05, 4.69) is 25.9 Å². The quantitative estimate of drug-likeness (QED) is 0.661. The number of benzene rings is 1. The zero-order chi connectivity index (χ0) is 13.6. The van der Waals surface area contributed by atoms with Crippen LogP contribution in [0.5, 0.6) is 0 Å². The normalized spacial score (nSPS) is 11.2. The summed E-state index contributed by atoms with van der Waals surface area (Å²) in [5.74, 6) is 0.696. The number of nitrogens with zero attached hydrogens (tertiary/aromatic N) is 3. The molecular weight excluding hydrogens is 326 g/mol. The largest absolute Gasteiger partial charge is 0.334 e. The van der Waals surface area contributed by atoms with Gasteiger partial charge in [0, 0.05) is 28.3 Å². The SMILES string of the molecule is Cc1nc(-c2cccc(Cl)c2)nc2c1c(Br)cn2C. The highest BCUT2D eigenvalue weighted by Gasteiger charge is 2.12. The van der Waals surface area contributed by atoms with Crippen molar-refractivity contribution < 1.29 is 0 Å². The Labute approximate surface area is 124 Å². The van der Waals surface area contributed by atoms with Gasteiger partial charge in [0.2, 0.25) is 0 Å². The van der Waals surface area contributed by atoms with Gasteiger partial charge < -0.3 is 4.57 Å². The van der Waals surface area contributed by atoms with Gasteiger partial charge in [-0.2, -0.15) is 0 Å². The molecule has 3 rings (SSSR count). The molecule has 0 aliphatic heterocycles. The van der Waals surface area contributed by atoms with Crippen LogP contribution < -0.4 is 0 Å². The van der Waals surface area contributed by atoms with Crippen molar-refractivity contribution in [2.45, 2.75) is 6.92 Å². The third-order valence-corrected chi connectivity index (χ3v) is 3.87. The highest BCUT2D eigenvalue weighted by Crippen LogP contribution is 2.29. The van der Waals surface area contributed by atoms with E-state index in [4.69, 9.17) is 11.6 Å². The van der Waals surface area contributed by atoms with Crippen molar-refractivity contribution >= 4 is 38.6 Å². The summed E-state index contributed by atoms with van der Waals surface area (Å²) in [4.78, 5) is 9.20. The van der Waals surface area contributed by atoms with E-state index in [0.29, 0.717) is 10.8 Å². The van der Waals surface area contributed by atoms with Gasteiger partial charge in [-0.25, -0.2) is 9.97 Å². The van der Waals surface area contributed by atoms with Crippen molar-refractivity contribution in [1.82, 2.24) is 14.5 Å². The van der Waals surface area contributed by atoms with Crippen LogP contribution in [0.2, 0.25) is 5.02 Å². The molecule has 0 bridgehead atoms. The lowest BCUT2D eigenvalue weighted by atomic mass is 10.2. The molecule has 19 heavy (non-hydrogen) atoms. The molecule has 2 aromatic heterocycles. The van der Waals surface area contributed by atoms with Crippen LogP contribution in [0.25, 0.3) is 22.4 Å². The zero-order valence-electron chi connectivity index (χ0n) is 10.5. The van der Waals surface area contributed by atoms with Crippen LogP contribution in [0.4, 0.5) is 0 Å². The standard InChI is InChI=1S/C14H11BrClN3/c1-8-12-11(15)7-19(2)14(12)18-13(17-8)9-4-3-5-10(16)6-9/h3-7H,1-2H3. The lowest BCUT2D eigenvalue weighted by Crippen LogP contribution is -1.96. The van der Waals surface area contributed by atoms with Crippen molar-refractivity contribution in [3.63, 3.8) is 0 Å². The van der Waals surface area contributed by atoms with Crippen molar-refractivity contribution in [2.75, 3.05) is 0 Å². The summed E-state index contributed by atoms with van der Waals surface area (Å²) >= 11 is 9.56. The highest BCUT2D eigenvalue weighted by molar-refractivity contribution is 9.10. The molecule has 0 fully saturated rings. The van der Waals surface area contributed by atoms with E-state index < -0.39 is 0 Å². The molecular formula is C14H11BrClN3. The molecule has 3 aromatic rings. The van der Waals surface area contributed by atoms with Crippen LogP contribution in [0.1, 0.15) is 5.69 Å². The molecule has 0 radical (unpaired) electrons. The number of halogens is 2. The summed E-state index contributed by atoms with van der Waals surface area (Å²) in [6, 6.07) is 7.58. The van der Waals surface area contributed by atoms with Gasteiger partial charge in [0.15, 0.2) is 5.82 Å². The summed E-state index contributed by atoms with van der Waals surface area (Å²) in [7, 11) is 1.97. The maximum Gasteiger partial charge on any atom is 0.161 e. The van der Waals surface area contributed by atoms with Gasteiger partial charge in [0.05, 0.1) is 11.1 Å². The molecule has 96 valence electrons. The molecule has 0 aliphatic carbocycles. The minimum atomic E-state index is 0.687. The Morgan fingerprint density at radius 1 is 1.26 bits per heavy atom. The minimum Gasteiger partial charge on any atom is -0.334 e. The topological polar surface area (TPSA) is 30.7 Å². The van der Waals surface area contributed by atoms with Gasteiger partial charge in [0.25, 0.3) is 0 Å². The van der Waals surface area contributed by atoms with E-state index in [1.165, 1.54) is 0 Å². The fraction of sp³-hybridized carbons (Fsp3) is 0.143. The summed E-state index contributed by atoms with van der Waals surface area (Å²) in [6.07, 6.45) is 1.99. The third-order valence-electron chi connectivity index (χ3n) is 3.03.